The molecule has 0 aromatic heterocycles. The molecule has 2 atom stereocenters. The summed E-state index contributed by atoms with van der Waals surface area (Å²) in [5.41, 5.74) is 1.33. The predicted octanol–water partition coefficient (Wildman–Crippen LogP) is 2.48. The molecule has 2 aliphatic heterocycles. The molecule has 2 N–H and O–H groups in total. The van der Waals surface area contributed by atoms with Gasteiger partial charge in [0.25, 0.3) is 0 Å². The van der Waals surface area contributed by atoms with Gasteiger partial charge in [-0.1, -0.05) is 19.1 Å². The molecule has 2 aliphatic rings. The van der Waals surface area contributed by atoms with Gasteiger partial charge in [-0.3, -0.25) is 14.8 Å². The number of hydrogen-bond acceptors (Lipinski definition) is 4. The van der Waals surface area contributed by atoms with E-state index in [0.717, 1.165) is 44.4 Å². The summed E-state index contributed by atoms with van der Waals surface area (Å²) in [6, 6.07) is 9.48. The maximum Gasteiger partial charge on any atom is 0.191 e. The Hall–Kier alpha value is -1.79. The van der Waals surface area contributed by atoms with Crippen molar-refractivity contribution in [1.82, 2.24) is 20.4 Å². The van der Waals surface area contributed by atoms with Crippen LogP contribution in [0.25, 0.3) is 0 Å². The van der Waals surface area contributed by atoms with Crippen LogP contribution < -0.4 is 15.4 Å². The molecule has 2 saturated heterocycles. The van der Waals surface area contributed by atoms with Crippen LogP contribution in [0.15, 0.2) is 29.3 Å². The number of likely N-dealkylation sites (N-methyl/N-ethyl adjacent to an activating group) is 1. The Labute approximate surface area is 170 Å². The smallest absolute Gasteiger partial charge is 0.191 e. The summed E-state index contributed by atoms with van der Waals surface area (Å²) in [6.45, 7) is 8.76. The van der Waals surface area contributed by atoms with Crippen molar-refractivity contribution in [2.24, 2.45) is 4.99 Å². The van der Waals surface area contributed by atoms with Crippen LogP contribution in [0, 0.1) is 0 Å². The number of hydrogen-bond donors (Lipinski definition) is 2. The van der Waals surface area contributed by atoms with Gasteiger partial charge in [-0.15, -0.1) is 0 Å². The molecule has 0 bridgehead atoms. The highest BCUT2D eigenvalue weighted by molar-refractivity contribution is 5.79. The highest BCUT2D eigenvalue weighted by atomic mass is 16.5. The summed E-state index contributed by atoms with van der Waals surface area (Å²) < 4.78 is 5.33. The highest BCUT2D eigenvalue weighted by Gasteiger charge is 2.25. The van der Waals surface area contributed by atoms with Crippen molar-refractivity contribution in [1.29, 1.82) is 0 Å². The molecule has 2 unspecified atom stereocenters. The summed E-state index contributed by atoms with van der Waals surface area (Å²) in [7, 11) is 3.58. The van der Waals surface area contributed by atoms with Gasteiger partial charge in [0.2, 0.25) is 0 Å². The first-order valence-corrected chi connectivity index (χ1v) is 10.8. The Bertz CT molecular complexity index is 612. The monoisotopic (exact) mass is 387 g/mol. The lowest BCUT2D eigenvalue weighted by Crippen LogP contribution is -2.47. The Morgan fingerprint density at radius 3 is 2.54 bits per heavy atom. The fraction of sp³-hybridized carbons (Fsp3) is 0.682. The van der Waals surface area contributed by atoms with Crippen LogP contribution in [-0.4, -0.2) is 75.2 Å². The third-order valence-corrected chi connectivity index (χ3v) is 6.18. The zero-order chi connectivity index (χ0) is 19.8. The lowest BCUT2D eigenvalue weighted by molar-refractivity contribution is 0.244. The topological polar surface area (TPSA) is 52.1 Å². The van der Waals surface area contributed by atoms with E-state index in [0.29, 0.717) is 12.1 Å². The molecule has 1 aromatic rings. The van der Waals surface area contributed by atoms with Crippen molar-refractivity contribution in [3.8, 4) is 5.75 Å². The molecule has 6 nitrogen and oxygen atoms in total. The lowest BCUT2D eigenvalue weighted by Gasteiger charge is -2.29. The number of benzene rings is 1. The SMILES string of the molecule is CCN1CCCC1CNC(=NC)NCC(c1ccc(OC)cc1)N1CCCC1. The van der Waals surface area contributed by atoms with Gasteiger partial charge in [0, 0.05) is 26.2 Å². The van der Waals surface area contributed by atoms with E-state index in [4.69, 9.17) is 4.74 Å². The van der Waals surface area contributed by atoms with Crippen LogP contribution >= 0.6 is 0 Å². The Balaban J connectivity index is 1.58. The largest absolute Gasteiger partial charge is 0.497 e. The predicted molar refractivity (Wildman–Crippen MR) is 116 cm³/mol. The second-order valence-corrected chi connectivity index (χ2v) is 7.79. The molecule has 3 rings (SSSR count). The average molecular weight is 388 g/mol. The van der Waals surface area contributed by atoms with Crippen LogP contribution in [0.2, 0.25) is 0 Å². The number of guanidine groups is 1. The van der Waals surface area contributed by atoms with Gasteiger partial charge in [-0.2, -0.15) is 0 Å². The minimum atomic E-state index is 0.352. The third kappa shape index (κ3) is 5.39. The fourth-order valence-corrected chi connectivity index (χ4v) is 4.51. The summed E-state index contributed by atoms with van der Waals surface area (Å²) in [4.78, 5) is 9.60. The maximum atomic E-state index is 5.33. The number of likely N-dealkylation sites (tertiary alicyclic amines) is 2. The Kier molecular flexibility index (Phi) is 7.98. The van der Waals surface area contributed by atoms with Gasteiger partial charge < -0.3 is 15.4 Å². The quantitative estimate of drug-likeness (QED) is 0.530. The van der Waals surface area contributed by atoms with Crippen LogP contribution in [-0.2, 0) is 0 Å². The molecule has 28 heavy (non-hydrogen) atoms. The summed E-state index contributed by atoms with van der Waals surface area (Å²) >= 11 is 0. The van der Waals surface area contributed by atoms with Gasteiger partial charge in [-0.05, 0) is 69.6 Å². The Morgan fingerprint density at radius 1 is 1.14 bits per heavy atom. The van der Waals surface area contributed by atoms with Crippen molar-refractivity contribution in [3.05, 3.63) is 29.8 Å². The molecule has 2 fully saturated rings. The van der Waals surface area contributed by atoms with E-state index in [9.17, 15) is 0 Å². The van der Waals surface area contributed by atoms with Gasteiger partial charge in [0.1, 0.15) is 5.75 Å². The molecule has 2 heterocycles. The molecule has 156 valence electrons. The van der Waals surface area contributed by atoms with Crippen molar-refractivity contribution < 1.29 is 4.74 Å². The first-order valence-electron chi connectivity index (χ1n) is 10.8. The van der Waals surface area contributed by atoms with E-state index < -0.39 is 0 Å². The standard InChI is InChI=1S/C22H37N5O/c1-4-26-15-7-8-19(26)16-24-22(23-2)25-17-21(27-13-5-6-14-27)18-9-11-20(28-3)12-10-18/h9-12,19,21H,4-8,13-17H2,1-3H3,(H2,23,24,25). The van der Waals surface area contributed by atoms with E-state index in [-0.39, 0.29) is 0 Å². The number of nitrogens with zero attached hydrogens (tertiary/aromatic N) is 3. The van der Waals surface area contributed by atoms with E-state index in [1.54, 1.807) is 7.11 Å². The van der Waals surface area contributed by atoms with Crippen molar-refractivity contribution in [2.45, 2.75) is 44.7 Å². The summed E-state index contributed by atoms with van der Waals surface area (Å²) in [5, 5.41) is 7.13. The zero-order valence-electron chi connectivity index (χ0n) is 17.8. The molecule has 1 aromatic carbocycles. The first-order chi connectivity index (χ1) is 13.7. The van der Waals surface area contributed by atoms with E-state index in [1.807, 2.05) is 7.05 Å². The van der Waals surface area contributed by atoms with Crippen molar-refractivity contribution >= 4 is 5.96 Å². The van der Waals surface area contributed by atoms with Gasteiger partial charge in [0.15, 0.2) is 5.96 Å². The van der Waals surface area contributed by atoms with E-state index >= 15 is 0 Å². The minimum Gasteiger partial charge on any atom is -0.497 e. The molecule has 0 radical (unpaired) electrons. The molecule has 0 spiro atoms. The Morgan fingerprint density at radius 2 is 1.89 bits per heavy atom. The van der Waals surface area contributed by atoms with Crippen LogP contribution in [0.5, 0.6) is 5.75 Å². The first kappa shape index (κ1) is 20.9. The van der Waals surface area contributed by atoms with E-state index in [1.165, 1.54) is 37.8 Å². The zero-order valence-corrected chi connectivity index (χ0v) is 17.8. The number of nitrogens with one attached hydrogen (secondary N) is 2. The second kappa shape index (κ2) is 10.7. The molecular formula is C22H37N5O. The average Bonchev–Trinajstić information content (AvgIpc) is 3.42. The van der Waals surface area contributed by atoms with Gasteiger partial charge in [-0.25, -0.2) is 0 Å². The molecule has 0 amide bonds. The summed E-state index contributed by atoms with van der Waals surface area (Å²) in [5.74, 6) is 1.81. The molecule has 0 saturated carbocycles. The van der Waals surface area contributed by atoms with Crippen LogP contribution in [0.3, 0.4) is 0 Å². The van der Waals surface area contributed by atoms with Crippen LogP contribution in [0.4, 0.5) is 0 Å². The number of rotatable bonds is 8. The van der Waals surface area contributed by atoms with E-state index in [2.05, 4.69) is 56.6 Å². The second-order valence-electron chi connectivity index (χ2n) is 7.79. The fourth-order valence-electron chi connectivity index (χ4n) is 4.51. The third-order valence-electron chi connectivity index (χ3n) is 6.18. The molecule has 0 aliphatic carbocycles. The minimum absolute atomic E-state index is 0.352. The van der Waals surface area contributed by atoms with Crippen molar-refractivity contribution in [2.75, 3.05) is 53.4 Å². The van der Waals surface area contributed by atoms with Gasteiger partial charge in [0.05, 0.1) is 13.2 Å². The van der Waals surface area contributed by atoms with Crippen LogP contribution in [0.1, 0.15) is 44.2 Å². The van der Waals surface area contributed by atoms with Crippen molar-refractivity contribution in [3.63, 3.8) is 0 Å². The number of ether oxygens (including phenoxy) is 1. The maximum absolute atomic E-state index is 5.33. The number of methoxy groups -OCH3 is 1. The lowest BCUT2D eigenvalue weighted by atomic mass is 10.1. The van der Waals surface area contributed by atoms with Gasteiger partial charge >= 0.3 is 0 Å². The molecule has 6 heteroatoms. The molecular weight excluding hydrogens is 350 g/mol. The summed E-state index contributed by atoms with van der Waals surface area (Å²) in [6.07, 6.45) is 5.16. The number of aliphatic imine (C=N–C) groups is 1. The normalized spacial score (nSPS) is 22.4. The highest BCUT2D eigenvalue weighted by Crippen LogP contribution is 2.26.